The maximum Gasteiger partial charge on any atom is 0.228 e. The number of nitrogens with one attached hydrogen (secondary N) is 2. The fraction of sp³-hybridized carbons (Fsp3) is 0.190. The van der Waals surface area contributed by atoms with Crippen LogP contribution in [0.1, 0.15) is 12.0 Å². The van der Waals surface area contributed by atoms with E-state index in [4.69, 9.17) is 0 Å². The zero-order valence-electron chi connectivity index (χ0n) is 14.5. The minimum absolute atomic E-state index is 0.157. The molecule has 2 aromatic carbocycles. The average molecular weight is 363 g/mol. The molecule has 1 aliphatic carbocycles. The van der Waals surface area contributed by atoms with Crippen LogP contribution in [0, 0.1) is 17.7 Å². The lowest BCUT2D eigenvalue weighted by Crippen LogP contribution is -2.27. The second kappa shape index (κ2) is 7.15. The van der Waals surface area contributed by atoms with E-state index in [-0.39, 0.29) is 29.5 Å². The van der Waals surface area contributed by atoms with E-state index >= 15 is 0 Å². The number of hydrogen-bond donors (Lipinski definition) is 2. The smallest absolute Gasteiger partial charge is 0.228 e. The summed E-state index contributed by atoms with van der Waals surface area (Å²) in [5, 5.41) is 6.64. The van der Waals surface area contributed by atoms with Crippen LogP contribution in [0.5, 0.6) is 0 Å². The first-order valence-corrected chi connectivity index (χ1v) is 8.78. The van der Waals surface area contributed by atoms with E-state index in [2.05, 4.69) is 15.6 Å². The monoisotopic (exact) mass is 363 g/mol. The van der Waals surface area contributed by atoms with Gasteiger partial charge in [0.1, 0.15) is 5.82 Å². The molecule has 2 atom stereocenters. The van der Waals surface area contributed by atoms with Gasteiger partial charge < -0.3 is 10.6 Å². The van der Waals surface area contributed by atoms with Crippen molar-refractivity contribution in [3.05, 3.63) is 72.2 Å². The van der Waals surface area contributed by atoms with Gasteiger partial charge in [0.05, 0.1) is 23.0 Å². The fourth-order valence-corrected chi connectivity index (χ4v) is 3.13. The minimum atomic E-state index is -0.336. The molecule has 2 N–H and O–H groups in total. The van der Waals surface area contributed by atoms with Crippen molar-refractivity contribution in [1.29, 1.82) is 0 Å². The molecule has 1 aromatic heterocycles. The number of rotatable bonds is 5. The van der Waals surface area contributed by atoms with Crippen LogP contribution in [-0.2, 0) is 16.1 Å². The standard InChI is InChI=1S/C21H18FN3O2/c22-15-8-6-13(7-9-15)12-24-20(26)16-11-17(16)21(27)25-18-5-1-3-14-4-2-10-23-19(14)18/h1-10,16-17H,11-12H2,(H,24,26)(H,25,27). The number of halogens is 1. The summed E-state index contributed by atoms with van der Waals surface area (Å²) < 4.78 is 12.9. The second-order valence-corrected chi connectivity index (χ2v) is 6.66. The van der Waals surface area contributed by atoms with Gasteiger partial charge in [0, 0.05) is 18.1 Å². The normalized spacial score (nSPS) is 18.1. The summed E-state index contributed by atoms with van der Waals surface area (Å²) in [6.45, 7) is 0.317. The molecule has 0 bridgehead atoms. The summed E-state index contributed by atoms with van der Waals surface area (Å²) in [6, 6.07) is 15.3. The van der Waals surface area contributed by atoms with Gasteiger partial charge in [-0.2, -0.15) is 0 Å². The third-order valence-electron chi connectivity index (χ3n) is 4.73. The number of anilines is 1. The van der Waals surface area contributed by atoms with Crippen LogP contribution in [0.2, 0.25) is 0 Å². The summed E-state index contributed by atoms with van der Waals surface area (Å²) in [7, 11) is 0. The first-order chi connectivity index (χ1) is 13.1. The fourth-order valence-electron chi connectivity index (χ4n) is 3.13. The van der Waals surface area contributed by atoms with E-state index in [1.807, 2.05) is 24.3 Å². The Balaban J connectivity index is 1.34. The van der Waals surface area contributed by atoms with Crippen LogP contribution in [0.15, 0.2) is 60.8 Å². The Morgan fingerprint density at radius 3 is 2.56 bits per heavy atom. The Hall–Kier alpha value is -3.28. The van der Waals surface area contributed by atoms with Crippen LogP contribution in [0.4, 0.5) is 10.1 Å². The molecule has 4 rings (SSSR count). The van der Waals surface area contributed by atoms with Crippen molar-refractivity contribution in [3.63, 3.8) is 0 Å². The van der Waals surface area contributed by atoms with E-state index in [9.17, 15) is 14.0 Å². The van der Waals surface area contributed by atoms with E-state index in [0.29, 0.717) is 18.7 Å². The Kier molecular flexibility index (Phi) is 4.54. The number of nitrogens with zero attached hydrogens (tertiary/aromatic N) is 1. The summed E-state index contributed by atoms with van der Waals surface area (Å²) in [6.07, 6.45) is 2.21. The molecule has 2 unspecified atom stereocenters. The Bertz CT molecular complexity index is 998. The van der Waals surface area contributed by atoms with Crippen LogP contribution in [0.3, 0.4) is 0 Å². The van der Waals surface area contributed by atoms with Crippen molar-refractivity contribution in [3.8, 4) is 0 Å². The molecule has 1 heterocycles. The van der Waals surface area contributed by atoms with E-state index in [0.717, 1.165) is 16.5 Å². The third-order valence-corrected chi connectivity index (χ3v) is 4.73. The highest BCUT2D eigenvalue weighted by molar-refractivity contribution is 6.04. The van der Waals surface area contributed by atoms with Crippen molar-refractivity contribution in [2.45, 2.75) is 13.0 Å². The largest absolute Gasteiger partial charge is 0.352 e. The van der Waals surface area contributed by atoms with Crippen molar-refractivity contribution in [1.82, 2.24) is 10.3 Å². The van der Waals surface area contributed by atoms with Gasteiger partial charge in [-0.25, -0.2) is 4.39 Å². The molecule has 0 spiro atoms. The number of hydrogen-bond acceptors (Lipinski definition) is 3. The molecular formula is C21H18FN3O2. The van der Waals surface area contributed by atoms with Crippen molar-refractivity contribution in [2.24, 2.45) is 11.8 Å². The maximum atomic E-state index is 12.9. The predicted molar refractivity (Wildman–Crippen MR) is 100 cm³/mol. The Morgan fingerprint density at radius 2 is 1.74 bits per heavy atom. The number of carbonyl (C=O) groups excluding carboxylic acids is 2. The molecule has 27 heavy (non-hydrogen) atoms. The van der Waals surface area contributed by atoms with Gasteiger partial charge in [0.2, 0.25) is 11.8 Å². The molecular weight excluding hydrogens is 345 g/mol. The maximum absolute atomic E-state index is 12.9. The quantitative estimate of drug-likeness (QED) is 0.731. The van der Waals surface area contributed by atoms with Gasteiger partial charge in [-0.1, -0.05) is 30.3 Å². The summed E-state index contributed by atoms with van der Waals surface area (Å²) >= 11 is 0. The first-order valence-electron chi connectivity index (χ1n) is 8.78. The molecule has 1 fully saturated rings. The lowest BCUT2D eigenvalue weighted by molar-refractivity contribution is -0.125. The molecule has 3 aromatic rings. The van der Waals surface area contributed by atoms with Gasteiger partial charge >= 0.3 is 0 Å². The summed E-state index contributed by atoms with van der Waals surface area (Å²) in [4.78, 5) is 29.0. The van der Waals surface area contributed by atoms with E-state index in [1.54, 1.807) is 24.4 Å². The Morgan fingerprint density at radius 1 is 1.00 bits per heavy atom. The molecule has 1 aliphatic rings. The number of benzene rings is 2. The van der Waals surface area contributed by atoms with E-state index in [1.165, 1.54) is 12.1 Å². The van der Waals surface area contributed by atoms with Crippen LogP contribution < -0.4 is 10.6 Å². The average Bonchev–Trinajstić information content (AvgIpc) is 3.49. The zero-order valence-corrected chi connectivity index (χ0v) is 14.5. The Labute approximate surface area is 155 Å². The predicted octanol–water partition coefficient (Wildman–Crippen LogP) is 3.26. The number of para-hydroxylation sites is 1. The van der Waals surface area contributed by atoms with Crippen molar-refractivity contribution in [2.75, 3.05) is 5.32 Å². The molecule has 2 amide bonds. The highest BCUT2D eigenvalue weighted by atomic mass is 19.1. The lowest BCUT2D eigenvalue weighted by Gasteiger charge is -2.08. The minimum Gasteiger partial charge on any atom is -0.352 e. The second-order valence-electron chi connectivity index (χ2n) is 6.66. The van der Waals surface area contributed by atoms with Crippen LogP contribution in [0.25, 0.3) is 10.9 Å². The van der Waals surface area contributed by atoms with Crippen molar-refractivity contribution < 1.29 is 14.0 Å². The van der Waals surface area contributed by atoms with Gasteiger partial charge in [0.25, 0.3) is 0 Å². The van der Waals surface area contributed by atoms with Crippen molar-refractivity contribution >= 4 is 28.4 Å². The SMILES string of the molecule is O=C(NCc1ccc(F)cc1)C1CC1C(=O)Nc1cccc2cccnc12. The molecule has 6 heteroatoms. The highest BCUT2D eigenvalue weighted by Crippen LogP contribution is 2.40. The molecule has 0 aliphatic heterocycles. The first kappa shape index (κ1) is 17.1. The molecule has 1 saturated carbocycles. The lowest BCUT2D eigenvalue weighted by atomic mass is 10.2. The number of pyridine rings is 1. The van der Waals surface area contributed by atoms with E-state index < -0.39 is 0 Å². The number of fused-ring (bicyclic) bond motifs is 1. The molecule has 0 radical (unpaired) electrons. The van der Waals surface area contributed by atoms with Gasteiger partial charge in [-0.05, 0) is 36.2 Å². The topological polar surface area (TPSA) is 71.1 Å². The van der Waals surface area contributed by atoms with Gasteiger partial charge in [-0.3, -0.25) is 14.6 Å². The summed E-state index contributed by atoms with van der Waals surface area (Å²) in [5.41, 5.74) is 2.19. The molecule has 136 valence electrons. The van der Waals surface area contributed by atoms with Gasteiger partial charge in [-0.15, -0.1) is 0 Å². The van der Waals surface area contributed by atoms with Crippen LogP contribution >= 0.6 is 0 Å². The highest BCUT2D eigenvalue weighted by Gasteiger charge is 2.48. The third kappa shape index (κ3) is 3.79. The summed E-state index contributed by atoms with van der Waals surface area (Å²) in [5.74, 6) is -1.30. The number of amides is 2. The number of carbonyl (C=O) groups is 2. The van der Waals surface area contributed by atoms with Gasteiger partial charge in [0.15, 0.2) is 0 Å². The zero-order chi connectivity index (χ0) is 18.8. The van der Waals surface area contributed by atoms with Crippen LogP contribution in [-0.4, -0.2) is 16.8 Å². The number of aromatic nitrogens is 1. The molecule has 5 nitrogen and oxygen atoms in total. The molecule has 0 saturated heterocycles.